The predicted octanol–water partition coefficient (Wildman–Crippen LogP) is 4.28. The monoisotopic (exact) mass is 247 g/mol. The van der Waals surface area contributed by atoms with Crippen molar-refractivity contribution < 1.29 is 5.11 Å². The molecule has 0 heterocycles. The van der Waals surface area contributed by atoms with Crippen molar-refractivity contribution >= 4 is 21.5 Å². The van der Waals surface area contributed by atoms with Crippen molar-refractivity contribution in [2.75, 3.05) is 0 Å². The number of hydrogen-bond acceptors (Lipinski definition) is 0. The molecule has 1 unspecified atom stereocenters. The van der Waals surface area contributed by atoms with Crippen LogP contribution in [0, 0.1) is 0 Å². The van der Waals surface area contributed by atoms with Gasteiger partial charge in [-0.2, -0.15) is 0 Å². The van der Waals surface area contributed by atoms with Gasteiger partial charge in [-0.05, 0) is 45.5 Å². The highest BCUT2D eigenvalue weighted by molar-refractivity contribution is 6.08. The highest BCUT2D eigenvalue weighted by Gasteiger charge is 2.19. The van der Waals surface area contributed by atoms with E-state index in [1.807, 2.05) is 0 Å². The number of hydrogen-bond donors (Lipinski definition) is 0. The normalized spacial score (nSPS) is 18.7. The Morgan fingerprint density at radius 2 is 1.68 bits per heavy atom. The molecule has 1 aliphatic rings. The molecule has 1 nitrogen and oxygen atoms in total. The second kappa shape index (κ2) is 4.07. The van der Waals surface area contributed by atoms with Crippen LogP contribution in [0.3, 0.4) is 0 Å². The first-order valence-corrected chi connectivity index (χ1v) is 6.91. The lowest BCUT2D eigenvalue weighted by atomic mass is 9.85. The molecular formula is C18H15O. The van der Waals surface area contributed by atoms with Gasteiger partial charge in [-0.3, -0.25) is 0 Å². The minimum atomic E-state index is -0.426. The molecule has 1 aliphatic carbocycles. The Morgan fingerprint density at radius 1 is 0.842 bits per heavy atom. The van der Waals surface area contributed by atoms with Gasteiger partial charge in [-0.1, -0.05) is 48.5 Å². The summed E-state index contributed by atoms with van der Waals surface area (Å²) in [6, 6.07) is 17.3. The second-order valence-electron chi connectivity index (χ2n) is 5.45. The van der Waals surface area contributed by atoms with E-state index in [0.29, 0.717) is 6.42 Å². The van der Waals surface area contributed by atoms with E-state index in [4.69, 9.17) is 0 Å². The summed E-state index contributed by atoms with van der Waals surface area (Å²) in [7, 11) is 0. The Balaban J connectivity index is 2.10. The molecule has 19 heavy (non-hydrogen) atoms. The van der Waals surface area contributed by atoms with Crippen LogP contribution in [0.1, 0.15) is 17.5 Å². The highest BCUT2D eigenvalue weighted by Crippen LogP contribution is 2.33. The maximum absolute atomic E-state index is 11.8. The summed E-state index contributed by atoms with van der Waals surface area (Å²) in [4.78, 5) is 0. The number of rotatable bonds is 0. The molecule has 0 spiro atoms. The van der Waals surface area contributed by atoms with Crippen LogP contribution in [-0.2, 0) is 17.9 Å². The molecular weight excluding hydrogens is 232 g/mol. The third-order valence-corrected chi connectivity index (χ3v) is 4.30. The van der Waals surface area contributed by atoms with Crippen LogP contribution < -0.4 is 0 Å². The number of benzene rings is 3. The van der Waals surface area contributed by atoms with Gasteiger partial charge in [0, 0.05) is 6.42 Å². The van der Waals surface area contributed by atoms with Crippen molar-refractivity contribution in [1.82, 2.24) is 0 Å². The molecule has 0 aromatic heterocycles. The lowest BCUT2D eigenvalue weighted by molar-refractivity contribution is 0.0773. The first kappa shape index (κ1) is 11.0. The summed E-state index contributed by atoms with van der Waals surface area (Å²) < 4.78 is 0. The molecule has 3 aromatic carbocycles. The SMILES string of the molecule is [O]C1CCc2ccc3c(ccc4ccccc43)c2C1. The maximum atomic E-state index is 11.8. The minimum Gasteiger partial charge on any atom is -0.233 e. The van der Waals surface area contributed by atoms with Gasteiger partial charge < -0.3 is 0 Å². The molecule has 1 heteroatoms. The lowest BCUT2D eigenvalue weighted by Gasteiger charge is -2.21. The standard InChI is InChI=1S/C18H15O/c19-14-8-5-13-7-9-16-15-4-2-1-3-12(15)6-10-17(16)18(13)11-14/h1-4,6-7,9-10,14H,5,8,11H2. The van der Waals surface area contributed by atoms with Gasteiger partial charge in [0.15, 0.2) is 0 Å². The lowest BCUT2D eigenvalue weighted by Crippen LogP contribution is -2.17. The average Bonchev–Trinajstić information content (AvgIpc) is 2.46. The fraction of sp³-hybridized carbons (Fsp3) is 0.222. The summed E-state index contributed by atoms with van der Waals surface area (Å²) in [6.45, 7) is 0. The average molecular weight is 247 g/mol. The summed E-state index contributed by atoms with van der Waals surface area (Å²) >= 11 is 0. The maximum Gasteiger partial charge on any atom is 0.0973 e. The van der Waals surface area contributed by atoms with E-state index < -0.39 is 6.10 Å². The third kappa shape index (κ3) is 1.66. The van der Waals surface area contributed by atoms with E-state index in [2.05, 4.69) is 48.5 Å². The number of fused-ring (bicyclic) bond motifs is 5. The zero-order valence-electron chi connectivity index (χ0n) is 10.7. The second-order valence-corrected chi connectivity index (χ2v) is 5.45. The Hall–Kier alpha value is -1.86. The van der Waals surface area contributed by atoms with Gasteiger partial charge in [0.2, 0.25) is 0 Å². The van der Waals surface area contributed by atoms with Gasteiger partial charge in [0.25, 0.3) is 0 Å². The van der Waals surface area contributed by atoms with E-state index in [0.717, 1.165) is 12.8 Å². The summed E-state index contributed by atoms with van der Waals surface area (Å²) in [5.41, 5.74) is 2.66. The zero-order chi connectivity index (χ0) is 12.8. The fourth-order valence-corrected chi connectivity index (χ4v) is 3.32. The Kier molecular flexibility index (Phi) is 2.36. The van der Waals surface area contributed by atoms with E-state index in [1.54, 1.807) is 0 Å². The summed E-state index contributed by atoms with van der Waals surface area (Å²) in [5, 5.41) is 16.9. The quantitative estimate of drug-likeness (QED) is 0.528. The van der Waals surface area contributed by atoms with Crippen LogP contribution in [-0.4, -0.2) is 6.10 Å². The first-order chi connectivity index (χ1) is 9.33. The minimum absolute atomic E-state index is 0.426. The summed E-state index contributed by atoms with van der Waals surface area (Å²) in [5.74, 6) is 0. The van der Waals surface area contributed by atoms with Gasteiger partial charge in [0.05, 0.1) is 6.10 Å². The Bertz CT molecular complexity index is 773. The molecule has 0 saturated heterocycles. The Morgan fingerprint density at radius 3 is 2.63 bits per heavy atom. The zero-order valence-corrected chi connectivity index (χ0v) is 10.7. The molecule has 0 amide bonds. The molecule has 0 aliphatic heterocycles. The smallest absolute Gasteiger partial charge is 0.0973 e. The topological polar surface area (TPSA) is 19.9 Å². The first-order valence-electron chi connectivity index (χ1n) is 6.91. The van der Waals surface area contributed by atoms with E-state index >= 15 is 0 Å². The van der Waals surface area contributed by atoms with Crippen molar-refractivity contribution in [1.29, 1.82) is 0 Å². The largest absolute Gasteiger partial charge is 0.233 e. The van der Waals surface area contributed by atoms with Crippen molar-refractivity contribution in [3.63, 3.8) is 0 Å². The molecule has 0 N–H and O–H groups in total. The van der Waals surface area contributed by atoms with Crippen molar-refractivity contribution in [2.45, 2.75) is 25.4 Å². The van der Waals surface area contributed by atoms with Crippen LogP contribution in [0.25, 0.3) is 21.5 Å². The van der Waals surface area contributed by atoms with Gasteiger partial charge in [-0.25, -0.2) is 5.11 Å². The van der Waals surface area contributed by atoms with Crippen molar-refractivity contribution in [3.8, 4) is 0 Å². The molecule has 0 fully saturated rings. The van der Waals surface area contributed by atoms with Crippen molar-refractivity contribution in [3.05, 3.63) is 59.7 Å². The molecule has 1 atom stereocenters. The van der Waals surface area contributed by atoms with Crippen LogP contribution in [0.5, 0.6) is 0 Å². The van der Waals surface area contributed by atoms with E-state index in [1.165, 1.54) is 32.7 Å². The van der Waals surface area contributed by atoms with Crippen LogP contribution in [0.15, 0.2) is 48.5 Å². The third-order valence-electron chi connectivity index (χ3n) is 4.30. The van der Waals surface area contributed by atoms with E-state index in [9.17, 15) is 5.11 Å². The molecule has 0 saturated carbocycles. The molecule has 0 bridgehead atoms. The molecule has 3 aromatic rings. The van der Waals surface area contributed by atoms with Crippen LogP contribution in [0.2, 0.25) is 0 Å². The predicted molar refractivity (Wildman–Crippen MR) is 78.0 cm³/mol. The highest BCUT2D eigenvalue weighted by atomic mass is 16.3. The van der Waals surface area contributed by atoms with Crippen LogP contribution >= 0.6 is 0 Å². The molecule has 1 radical (unpaired) electrons. The van der Waals surface area contributed by atoms with Crippen LogP contribution in [0.4, 0.5) is 0 Å². The van der Waals surface area contributed by atoms with Crippen molar-refractivity contribution in [2.24, 2.45) is 0 Å². The summed E-state index contributed by atoms with van der Waals surface area (Å²) in [6.07, 6.45) is 1.98. The molecule has 93 valence electrons. The van der Waals surface area contributed by atoms with Gasteiger partial charge in [0.1, 0.15) is 0 Å². The van der Waals surface area contributed by atoms with Gasteiger partial charge in [-0.15, -0.1) is 0 Å². The van der Waals surface area contributed by atoms with E-state index in [-0.39, 0.29) is 0 Å². The fourth-order valence-electron chi connectivity index (χ4n) is 3.32. The number of aryl methyl sites for hydroxylation is 1. The van der Waals surface area contributed by atoms with Gasteiger partial charge >= 0.3 is 0 Å². The molecule has 4 rings (SSSR count). The Labute approximate surface area is 112 Å².